The lowest BCUT2D eigenvalue weighted by Crippen LogP contribution is -2.45. The second-order valence-corrected chi connectivity index (χ2v) is 8.06. The highest BCUT2D eigenvalue weighted by molar-refractivity contribution is 9.11. The third-order valence-electron chi connectivity index (χ3n) is 3.82. The number of nitrogens with zero attached hydrogens (tertiary/aromatic N) is 2. The van der Waals surface area contributed by atoms with Crippen molar-refractivity contribution in [3.05, 3.63) is 50.8 Å². The smallest absolute Gasteiger partial charge is 0.273 e. The summed E-state index contributed by atoms with van der Waals surface area (Å²) in [5, 5.41) is 12.3. The summed E-state index contributed by atoms with van der Waals surface area (Å²) < 4.78 is 1.02. The average Bonchev–Trinajstić information content (AvgIpc) is 3.20. The summed E-state index contributed by atoms with van der Waals surface area (Å²) >= 11 is 4.98. The molecule has 0 bridgehead atoms. The molecule has 6 nitrogen and oxygen atoms in total. The lowest BCUT2D eigenvalue weighted by molar-refractivity contribution is -0.132. The molecule has 0 fully saturated rings. The number of para-hydroxylation sites is 1. The number of carbonyl (C=O) groups is 2. The van der Waals surface area contributed by atoms with Crippen LogP contribution >= 0.6 is 27.3 Å². The number of rotatable bonds is 5. The summed E-state index contributed by atoms with van der Waals surface area (Å²) in [4.78, 5) is 26.5. The van der Waals surface area contributed by atoms with Gasteiger partial charge >= 0.3 is 0 Å². The zero-order valence-electron chi connectivity index (χ0n) is 13.7. The highest BCUT2D eigenvalue weighted by Gasteiger charge is 2.22. The number of amides is 2. The van der Waals surface area contributed by atoms with E-state index < -0.39 is 6.04 Å². The van der Waals surface area contributed by atoms with Crippen LogP contribution in [-0.2, 0) is 11.3 Å². The molecule has 0 saturated carbocycles. The first-order valence-corrected chi connectivity index (χ1v) is 9.35. The van der Waals surface area contributed by atoms with Gasteiger partial charge in [-0.15, -0.1) is 11.3 Å². The Morgan fingerprint density at radius 1 is 1.40 bits per heavy atom. The molecule has 0 aliphatic rings. The zero-order chi connectivity index (χ0) is 18.0. The van der Waals surface area contributed by atoms with Gasteiger partial charge in [-0.3, -0.25) is 14.7 Å². The first-order valence-electron chi connectivity index (χ1n) is 7.67. The van der Waals surface area contributed by atoms with Crippen molar-refractivity contribution in [2.24, 2.45) is 0 Å². The van der Waals surface area contributed by atoms with Gasteiger partial charge in [0.05, 0.1) is 9.30 Å². The van der Waals surface area contributed by atoms with Gasteiger partial charge in [0.15, 0.2) is 5.69 Å². The number of aromatic amines is 1. The molecule has 1 aromatic carbocycles. The van der Waals surface area contributed by atoms with Crippen LogP contribution in [0.3, 0.4) is 0 Å². The van der Waals surface area contributed by atoms with Gasteiger partial charge in [0, 0.05) is 19.0 Å². The molecule has 0 saturated heterocycles. The Balaban J connectivity index is 1.65. The van der Waals surface area contributed by atoms with Crippen LogP contribution < -0.4 is 5.32 Å². The van der Waals surface area contributed by atoms with Gasteiger partial charge in [-0.1, -0.05) is 18.2 Å². The SMILES string of the molecule is CC(NC(=O)c1n[nH]c2ccccc12)C(=O)N(C)Cc1csc(Br)c1. The van der Waals surface area contributed by atoms with Crippen LogP contribution in [0.2, 0.25) is 0 Å². The Bertz CT molecular complexity index is 920. The Hall–Kier alpha value is -2.19. The number of hydrogen-bond donors (Lipinski definition) is 2. The first kappa shape index (κ1) is 17.6. The highest BCUT2D eigenvalue weighted by Crippen LogP contribution is 2.21. The lowest BCUT2D eigenvalue weighted by Gasteiger charge is -2.21. The number of hydrogen-bond acceptors (Lipinski definition) is 4. The number of halogens is 1. The van der Waals surface area contributed by atoms with E-state index in [1.54, 1.807) is 30.2 Å². The molecule has 2 aromatic heterocycles. The van der Waals surface area contributed by atoms with Gasteiger partial charge in [0.1, 0.15) is 6.04 Å². The Morgan fingerprint density at radius 2 is 2.16 bits per heavy atom. The van der Waals surface area contributed by atoms with E-state index in [0.29, 0.717) is 12.2 Å². The molecule has 2 amide bonds. The lowest BCUT2D eigenvalue weighted by atomic mass is 10.2. The molecule has 0 aliphatic carbocycles. The largest absolute Gasteiger partial charge is 0.340 e. The molecule has 8 heteroatoms. The van der Waals surface area contributed by atoms with Gasteiger partial charge in [-0.25, -0.2) is 0 Å². The van der Waals surface area contributed by atoms with Gasteiger partial charge in [-0.2, -0.15) is 5.10 Å². The molecule has 25 heavy (non-hydrogen) atoms. The molecular formula is C17H17BrN4O2S. The number of carbonyl (C=O) groups excluding carboxylic acids is 2. The molecule has 3 rings (SSSR count). The Morgan fingerprint density at radius 3 is 2.88 bits per heavy atom. The molecule has 0 aliphatic heterocycles. The van der Waals surface area contributed by atoms with E-state index in [-0.39, 0.29) is 11.8 Å². The first-order chi connectivity index (χ1) is 12.0. The number of benzene rings is 1. The Labute approximate surface area is 157 Å². The van der Waals surface area contributed by atoms with Crippen LogP contribution in [0.1, 0.15) is 23.0 Å². The minimum atomic E-state index is -0.643. The van der Waals surface area contributed by atoms with Crippen molar-refractivity contribution in [3.63, 3.8) is 0 Å². The van der Waals surface area contributed by atoms with Gasteiger partial charge in [0.2, 0.25) is 5.91 Å². The fourth-order valence-electron chi connectivity index (χ4n) is 2.57. The molecule has 2 N–H and O–H groups in total. The molecule has 1 atom stereocenters. The number of H-pyrrole nitrogens is 1. The Kier molecular flexibility index (Phi) is 5.19. The highest BCUT2D eigenvalue weighted by atomic mass is 79.9. The minimum Gasteiger partial charge on any atom is -0.340 e. The van der Waals surface area contributed by atoms with E-state index in [4.69, 9.17) is 0 Å². The van der Waals surface area contributed by atoms with Gasteiger partial charge < -0.3 is 10.2 Å². The van der Waals surface area contributed by atoms with Gasteiger partial charge in [0.25, 0.3) is 5.91 Å². The summed E-state index contributed by atoms with van der Waals surface area (Å²) in [6.07, 6.45) is 0. The van der Waals surface area contributed by atoms with Crippen molar-refractivity contribution in [1.29, 1.82) is 0 Å². The fourth-order valence-corrected chi connectivity index (χ4v) is 3.77. The summed E-state index contributed by atoms with van der Waals surface area (Å²) in [7, 11) is 1.72. The van der Waals surface area contributed by atoms with Crippen molar-refractivity contribution in [2.45, 2.75) is 19.5 Å². The third kappa shape index (κ3) is 3.91. The van der Waals surface area contributed by atoms with Crippen LogP contribution in [0.25, 0.3) is 10.9 Å². The summed E-state index contributed by atoms with van der Waals surface area (Å²) in [6.45, 7) is 2.17. The summed E-state index contributed by atoms with van der Waals surface area (Å²) in [6, 6.07) is 8.71. The molecule has 130 valence electrons. The average molecular weight is 421 g/mol. The van der Waals surface area contributed by atoms with Crippen LogP contribution in [0, 0.1) is 0 Å². The summed E-state index contributed by atoms with van der Waals surface area (Å²) in [5.41, 5.74) is 2.12. The quantitative estimate of drug-likeness (QED) is 0.665. The van der Waals surface area contributed by atoms with Crippen LogP contribution in [0.15, 0.2) is 39.5 Å². The number of nitrogens with one attached hydrogen (secondary N) is 2. The maximum atomic E-state index is 12.5. The second kappa shape index (κ2) is 7.37. The monoisotopic (exact) mass is 420 g/mol. The maximum Gasteiger partial charge on any atom is 0.273 e. The zero-order valence-corrected chi connectivity index (χ0v) is 16.1. The van der Waals surface area contributed by atoms with Crippen molar-refractivity contribution < 1.29 is 9.59 Å². The standard InChI is InChI=1S/C17H17BrN4O2S/c1-10(17(24)22(2)8-11-7-14(18)25-9-11)19-16(23)15-12-5-3-4-6-13(12)20-21-15/h3-7,9-10H,8H2,1-2H3,(H,19,23)(H,20,21). The predicted octanol–water partition coefficient (Wildman–Crippen LogP) is 3.16. The predicted molar refractivity (Wildman–Crippen MR) is 102 cm³/mol. The number of thiophene rings is 1. The molecular weight excluding hydrogens is 404 g/mol. The molecule has 3 aromatic rings. The van der Waals surface area contributed by atoms with E-state index in [1.807, 2.05) is 35.7 Å². The molecule has 0 spiro atoms. The second-order valence-electron chi connectivity index (χ2n) is 5.77. The number of fused-ring (bicyclic) bond motifs is 1. The van der Waals surface area contributed by atoms with E-state index >= 15 is 0 Å². The normalized spacial score (nSPS) is 12.1. The summed E-state index contributed by atoms with van der Waals surface area (Å²) in [5.74, 6) is -0.527. The van der Waals surface area contributed by atoms with Gasteiger partial charge in [-0.05, 0) is 45.9 Å². The van der Waals surface area contributed by atoms with E-state index in [9.17, 15) is 9.59 Å². The van der Waals surface area contributed by atoms with Crippen LogP contribution in [0.4, 0.5) is 0 Å². The van der Waals surface area contributed by atoms with Crippen molar-refractivity contribution in [1.82, 2.24) is 20.4 Å². The van der Waals surface area contributed by atoms with Crippen molar-refractivity contribution >= 4 is 50.0 Å². The van der Waals surface area contributed by atoms with Crippen molar-refractivity contribution in [2.75, 3.05) is 7.05 Å². The number of aromatic nitrogens is 2. The number of likely N-dealkylation sites (N-methyl/N-ethyl adjacent to an activating group) is 1. The van der Waals surface area contributed by atoms with E-state index in [2.05, 4.69) is 31.4 Å². The van der Waals surface area contributed by atoms with E-state index in [1.165, 1.54) is 0 Å². The maximum absolute atomic E-state index is 12.5. The van der Waals surface area contributed by atoms with Crippen molar-refractivity contribution in [3.8, 4) is 0 Å². The third-order valence-corrected chi connectivity index (χ3v) is 5.37. The topological polar surface area (TPSA) is 78.1 Å². The fraction of sp³-hybridized carbons (Fsp3) is 0.235. The van der Waals surface area contributed by atoms with Crippen LogP contribution in [-0.4, -0.2) is 40.0 Å². The molecule has 0 radical (unpaired) electrons. The molecule has 1 unspecified atom stereocenters. The molecule has 2 heterocycles. The van der Waals surface area contributed by atoms with E-state index in [0.717, 1.165) is 20.3 Å². The minimum absolute atomic E-state index is 0.157. The van der Waals surface area contributed by atoms with Crippen LogP contribution in [0.5, 0.6) is 0 Å².